The van der Waals surface area contributed by atoms with Gasteiger partial charge in [0, 0.05) is 16.8 Å². The first-order chi connectivity index (χ1) is 12.5. The van der Waals surface area contributed by atoms with Crippen LogP contribution in [-0.4, -0.2) is 27.1 Å². The number of rotatable bonds is 4. The minimum Gasteiger partial charge on any atom is -0.341 e. The van der Waals surface area contributed by atoms with Crippen LogP contribution in [0.2, 0.25) is 0 Å². The van der Waals surface area contributed by atoms with Gasteiger partial charge in [-0.1, -0.05) is 17.9 Å². The second kappa shape index (κ2) is 8.14. The molecule has 0 aliphatic rings. The van der Waals surface area contributed by atoms with E-state index >= 15 is 0 Å². The summed E-state index contributed by atoms with van der Waals surface area (Å²) in [5.41, 5.74) is 0.00436. The van der Waals surface area contributed by atoms with Crippen LogP contribution < -0.4 is 10.0 Å². The molecule has 2 aromatic carbocycles. The van der Waals surface area contributed by atoms with Gasteiger partial charge in [0.1, 0.15) is 0 Å². The first-order valence-electron chi connectivity index (χ1n) is 7.57. The number of hydrogen-bond donors (Lipinski definition) is 2. The zero-order valence-electron chi connectivity index (χ0n) is 14.1. The summed E-state index contributed by atoms with van der Waals surface area (Å²) in [4.78, 5) is 12.0. The summed E-state index contributed by atoms with van der Waals surface area (Å²) < 4.78 is 62.4. The smallest absolute Gasteiger partial charge is 0.341 e. The standard InChI is InChI=1S/C18H15F3N2O3S/c1-27(25,26)23-16-9-7-14(8-10-16)17(24)22-11-3-5-13-4-2-6-15(12-13)18(19,20)21/h2,4,6-10,12,23H,11H2,1H3,(H,22,24). The first-order valence-corrected chi connectivity index (χ1v) is 9.46. The Morgan fingerprint density at radius 1 is 1.11 bits per heavy atom. The Labute approximate surface area is 154 Å². The summed E-state index contributed by atoms with van der Waals surface area (Å²) in [6, 6.07) is 10.3. The van der Waals surface area contributed by atoms with Crippen LogP contribution in [0.1, 0.15) is 21.5 Å². The van der Waals surface area contributed by atoms with Crippen molar-refractivity contribution in [2.24, 2.45) is 0 Å². The average molecular weight is 396 g/mol. The van der Waals surface area contributed by atoms with E-state index < -0.39 is 27.7 Å². The Balaban J connectivity index is 1.94. The Kier molecular flexibility index (Phi) is 6.13. The maximum absolute atomic E-state index is 12.6. The van der Waals surface area contributed by atoms with Crippen molar-refractivity contribution in [2.75, 3.05) is 17.5 Å². The lowest BCUT2D eigenvalue weighted by Gasteiger charge is -2.06. The summed E-state index contributed by atoms with van der Waals surface area (Å²) in [7, 11) is -3.41. The minimum atomic E-state index is -4.44. The number of nitrogens with one attached hydrogen (secondary N) is 2. The van der Waals surface area contributed by atoms with Crippen LogP contribution in [0.15, 0.2) is 48.5 Å². The molecule has 0 saturated heterocycles. The van der Waals surface area contributed by atoms with Gasteiger partial charge in [0.05, 0.1) is 18.4 Å². The van der Waals surface area contributed by atoms with E-state index in [2.05, 4.69) is 21.9 Å². The van der Waals surface area contributed by atoms with E-state index in [0.717, 1.165) is 18.4 Å². The van der Waals surface area contributed by atoms with Gasteiger partial charge < -0.3 is 5.32 Å². The molecule has 0 aliphatic carbocycles. The summed E-state index contributed by atoms with van der Waals surface area (Å²) >= 11 is 0. The predicted octanol–water partition coefficient (Wildman–Crippen LogP) is 2.86. The molecule has 0 atom stereocenters. The van der Waals surface area contributed by atoms with Gasteiger partial charge in [-0.2, -0.15) is 13.2 Å². The van der Waals surface area contributed by atoms with E-state index in [-0.39, 0.29) is 17.7 Å². The van der Waals surface area contributed by atoms with E-state index in [9.17, 15) is 26.4 Å². The van der Waals surface area contributed by atoms with E-state index in [0.29, 0.717) is 5.69 Å². The van der Waals surface area contributed by atoms with Gasteiger partial charge in [-0.05, 0) is 42.5 Å². The number of carbonyl (C=O) groups is 1. The van der Waals surface area contributed by atoms with Gasteiger partial charge in [-0.3, -0.25) is 9.52 Å². The number of alkyl halides is 3. The molecule has 9 heteroatoms. The van der Waals surface area contributed by atoms with Gasteiger partial charge in [0.2, 0.25) is 10.0 Å². The van der Waals surface area contributed by atoms with Crippen LogP contribution in [-0.2, 0) is 16.2 Å². The number of benzene rings is 2. The van der Waals surface area contributed by atoms with Crippen LogP contribution >= 0.6 is 0 Å². The third kappa shape index (κ3) is 6.67. The Hall–Kier alpha value is -2.99. The quantitative estimate of drug-likeness (QED) is 0.781. The van der Waals surface area contributed by atoms with Crippen LogP contribution in [0.3, 0.4) is 0 Å². The van der Waals surface area contributed by atoms with Crippen LogP contribution in [0, 0.1) is 11.8 Å². The molecule has 0 aromatic heterocycles. The number of halogens is 3. The first kappa shape index (κ1) is 20.3. The van der Waals surface area contributed by atoms with Crippen molar-refractivity contribution in [3.05, 3.63) is 65.2 Å². The van der Waals surface area contributed by atoms with Crippen molar-refractivity contribution in [1.82, 2.24) is 5.32 Å². The monoisotopic (exact) mass is 396 g/mol. The predicted molar refractivity (Wildman–Crippen MR) is 95.6 cm³/mol. The molecule has 0 aliphatic heterocycles. The Morgan fingerprint density at radius 2 is 1.78 bits per heavy atom. The lowest BCUT2D eigenvalue weighted by Crippen LogP contribution is -2.23. The van der Waals surface area contributed by atoms with E-state index in [1.54, 1.807) is 0 Å². The van der Waals surface area contributed by atoms with Gasteiger partial charge in [0.15, 0.2) is 0 Å². The Bertz CT molecular complexity index is 989. The third-order valence-electron chi connectivity index (χ3n) is 3.21. The highest BCUT2D eigenvalue weighted by atomic mass is 32.2. The highest BCUT2D eigenvalue weighted by Gasteiger charge is 2.30. The molecular weight excluding hydrogens is 381 g/mol. The number of amides is 1. The number of anilines is 1. The molecule has 5 nitrogen and oxygen atoms in total. The van der Waals surface area contributed by atoms with Gasteiger partial charge in [-0.15, -0.1) is 0 Å². The molecule has 0 heterocycles. The van der Waals surface area contributed by atoms with E-state index in [1.807, 2.05) is 0 Å². The SMILES string of the molecule is CS(=O)(=O)Nc1ccc(C(=O)NCC#Cc2cccc(C(F)(F)F)c2)cc1. The normalized spacial score (nSPS) is 11.3. The van der Waals surface area contributed by atoms with Gasteiger partial charge >= 0.3 is 6.18 Å². The average Bonchev–Trinajstić information content (AvgIpc) is 2.57. The zero-order valence-corrected chi connectivity index (χ0v) is 14.9. The zero-order chi connectivity index (χ0) is 20.1. The topological polar surface area (TPSA) is 75.3 Å². The fourth-order valence-corrected chi connectivity index (χ4v) is 2.61. The third-order valence-corrected chi connectivity index (χ3v) is 3.82. The fourth-order valence-electron chi connectivity index (χ4n) is 2.05. The van der Waals surface area contributed by atoms with Crippen molar-refractivity contribution in [2.45, 2.75) is 6.18 Å². The van der Waals surface area contributed by atoms with E-state index in [4.69, 9.17) is 0 Å². The van der Waals surface area contributed by atoms with E-state index in [1.165, 1.54) is 36.4 Å². The molecule has 27 heavy (non-hydrogen) atoms. The van der Waals surface area contributed by atoms with Gasteiger partial charge in [0.25, 0.3) is 5.91 Å². The second-order valence-corrected chi connectivity index (χ2v) is 7.26. The number of hydrogen-bond acceptors (Lipinski definition) is 3. The fraction of sp³-hybridized carbons (Fsp3) is 0.167. The van der Waals surface area contributed by atoms with Crippen molar-refractivity contribution in [1.29, 1.82) is 0 Å². The second-order valence-electron chi connectivity index (χ2n) is 5.51. The van der Waals surface area contributed by atoms with Crippen LogP contribution in [0.5, 0.6) is 0 Å². The summed E-state index contributed by atoms with van der Waals surface area (Å²) in [5.74, 6) is 4.69. The maximum atomic E-state index is 12.6. The number of sulfonamides is 1. The highest BCUT2D eigenvalue weighted by molar-refractivity contribution is 7.92. The molecule has 142 valence electrons. The molecule has 2 rings (SSSR count). The molecule has 2 aromatic rings. The van der Waals surface area contributed by atoms with Crippen molar-refractivity contribution >= 4 is 21.6 Å². The largest absolute Gasteiger partial charge is 0.416 e. The maximum Gasteiger partial charge on any atom is 0.416 e. The lowest BCUT2D eigenvalue weighted by atomic mass is 10.1. The highest BCUT2D eigenvalue weighted by Crippen LogP contribution is 2.29. The molecule has 1 amide bonds. The molecule has 0 fully saturated rings. The molecule has 0 saturated carbocycles. The Morgan fingerprint density at radius 3 is 2.37 bits per heavy atom. The minimum absolute atomic E-state index is 0.0571. The molecule has 0 radical (unpaired) electrons. The van der Waals surface area contributed by atoms with Gasteiger partial charge in [-0.25, -0.2) is 8.42 Å². The molecule has 0 bridgehead atoms. The summed E-state index contributed by atoms with van der Waals surface area (Å²) in [6.45, 7) is -0.0571. The van der Waals surface area contributed by atoms with Crippen LogP contribution in [0.4, 0.5) is 18.9 Å². The van der Waals surface area contributed by atoms with Crippen molar-refractivity contribution in [3.63, 3.8) is 0 Å². The van der Waals surface area contributed by atoms with Crippen molar-refractivity contribution in [3.8, 4) is 11.8 Å². The molecule has 0 unspecified atom stereocenters. The molecule has 2 N–H and O–H groups in total. The summed E-state index contributed by atoms with van der Waals surface area (Å²) in [6.07, 6.45) is -3.43. The van der Waals surface area contributed by atoms with Crippen LogP contribution in [0.25, 0.3) is 0 Å². The van der Waals surface area contributed by atoms with Crippen molar-refractivity contribution < 1.29 is 26.4 Å². The lowest BCUT2D eigenvalue weighted by molar-refractivity contribution is -0.137. The summed E-state index contributed by atoms with van der Waals surface area (Å²) in [5, 5.41) is 2.51. The number of carbonyl (C=O) groups excluding carboxylic acids is 1. The molecule has 0 spiro atoms. The molecular formula is C18H15F3N2O3S.